The molecule has 0 aliphatic carbocycles. The molecule has 0 aliphatic rings. The van der Waals surface area contributed by atoms with Crippen LogP contribution in [0.1, 0.15) is 38.3 Å². The van der Waals surface area contributed by atoms with E-state index in [2.05, 4.69) is 5.43 Å². The van der Waals surface area contributed by atoms with Crippen LogP contribution in [0.15, 0.2) is 66.7 Å². The fourth-order valence-corrected chi connectivity index (χ4v) is 6.35. The molecule has 0 aliphatic heterocycles. The van der Waals surface area contributed by atoms with Gasteiger partial charge < -0.3 is 0 Å². The van der Waals surface area contributed by atoms with Gasteiger partial charge in [-0.2, -0.15) is 0 Å². The first-order valence-electron chi connectivity index (χ1n) is 11.6. The fourth-order valence-electron chi connectivity index (χ4n) is 4.49. The Morgan fingerprint density at radius 1 is 1.03 bits per heavy atom. The molecule has 2 aromatic carbocycles. The maximum atomic E-state index is 13.9. The summed E-state index contributed by atoms with van der Waals surface area (Å²) in [5.41, 5.74) is 5.10. The summed E-state index contributed by atoms with van der Waals surface area (Å²) in [5, 5.41) is 9.71. The number of hydrogen-bond donors (Lipinski definition) is 4. The van der Waals surface area contributed by atoms with Gasteiger partial charge in [-0.05, 0) is 29.9 Å². The molecule has 0 bridgehead atoms. The highest BCUT2D eigenvalue weighted by Crippen LogP contribution is 2.41. The molecule has 0 aromatic heterocycles. The van der Waals surface area contributed by atoms with Gasteiger partial charge in [-0.25, -0.2) is 19.7 Å². The number of carbonyl (C=O) groups excluding carboxylic acids is 2. The van der Waals surface area contributed by atoms with Crippen LogP contribution in [0.4, 0.5) is 0 Å². The van der Waals surface area contributed by atoms with Crippen LogP contribution < -0.4 is 16.7 Å². The second-order valence-corrected chi connectivity index (χ2v) is 11.5. The van der Waals surface area contributed by atoms with E-state index < -0.39 is 38.2 Å². The highest BCUT2D eigenvalue weighted by molar-refractivity contribution is 7.93. The number of amides is 2. The largest absolute Gasteiger partial charge is 0.294 e. The van der Waals surface area contributed by atoms with E-state index in [0.29, 0.717) is 5.56 Å². The molecule has 2 aromatic rings. The Hall–Kier alpha value is -3.01. The van der Waals surface area contributed by atoms with Crippen LogP contribution in [0.25, 0.3) is 6.08 Å². The van der Waals surface area contributed by atoms with Crippen LogP contribution in [-0.4, -0.2) is 35.9 Å². The van der Waals surface area contributed by atoms with E-state index in [1.807, 2.05) is 44.2 Å². The molecule has 0 saturated carbocycles. The molecule has 0 saturated heterocycles. The molecule has 2 amide bonds. The predicted octanol–water partition coefficient (Wildman–Crippen LogP) is 2.89. The van der Waals surface area contributed by atoms with Crippen molar-refractivity contribution in [3.8, 4) is 0 Å². The Balaban J connectivity index is 2.92. The molecule has 0 radical (unpaired) electrons. The van der Waals surface area contributed by atoms with Crippen molar-refractivity contribution in [1.82, 2.24) is 10.9 Å². The smallest absolute Gasteiger partial charge is 0.249 e. The third kappa shape index (κ3) is 6.78. The third-order valence-electron chi connectivity index (χ3n) is 6.17. The zero-order valence-corrected chi connectivity index (χ0v) is 21.2. The molecular formula is C26H35N3O5S. The number of sulfone groups is 1. The molecule has 0 heterocycles. The molecule has 0 spiro atoms. The van der Waals surface area contributed by atoms with Gasteiger partial charge in [0.15, 0.2) is 9.84 Å². The lowest BCUT2D eigenvalue weighted by Crippen LogP contribution is -2.58. The van der Waals surface area contributed by atoms with E-state index in [1.54, 1.807) is 41.9 Å². The van der Waals surface area contributed by atoms with Gasteiger partial charge in [0.05, 0.1) is 11.8 Å². The van der Waals surface area contributed by atoms with E-state index in [1.165, 1.54) is 13.0 Å². The van der Waals surface area contributed by atoms with Crippen molar-refractivity contribution in [2.45, 2.75) is 38.4 Å². The summed E-state index contributed by atoms with van der Waals surface area (Å²) in [6.07, 6.45) is 3.22. The number of hydroxylamine groups is 1. The van der Waals surface area contributed by atoms with E-state index in [0.717, 1.165) is 5.56 Å². The summed E-state index contributed by atoms with van der Waals surface area (Å²) >= 11 is 0. The number of nitrogens with two attached hydrogens (primary N) is 1. The average molecular weight is 502 g/mol. The third-order valence-corrected chi connectivity index (χ3v) is 8.62. The second kappa shape index (κ2) is 12.6. The maximum absolute atomic E-state index is 13.9. The van der Waals surface area contributed by atoms with Crippen LogP contribution in [0, 0.1) is 17.8 Å². The molecule has 9 heteroatoms. The van der Waals surface area contributed by atoms with Crippen LogP contribution in [0.5, 0.6) is 0 Å². The molecule has 2 rings (SSSR count). The Bertz CT molecular complexity index is 1100. The zero-order chi connectivity index (χ0) is 26.1. The molecule has 5 N–H and O–H groups in total. The summed E-state index contributed by atoms with van der Waals surface area (Å²) in [5.74, 6) is 0.877. The lowest BCUT2D eigenvalue weighted by Gasteiger charge is -2.40. The van der Waals surface area contributed by atoms with Crippen LogP contribution in [-0.2, 0) is 25.8 Å². The van der Waals surface area contributed by atoms with Crippen molar-refractivity contribution >= 4 is 27.7 Å². The monoisotopic (exact) mass is 501 g/mol. The van der Waals surface area contributed by atoms with Crippen LogP contribution in [0.3, 0.4) is 0 Å². The van der Waals surface area contributed by atoms with Gasteiger partial charge in [-0.1, -0.05) is 93.6 Å². The van der Waals surface area contributed by atoms with Gasteiger partial charge in [-0.15, -0.1) is 0 Å². The molecular weight excluding hydrogens is 466 g/mol. The van der Waals surface area contributed by atoms with E-state index in [9.17, 15) is 23.2 Å². The van der Waals surface area contributed by atoms with Crippen LogP contribution >= 0.6 is 0 Å². The number of hydrogen-bond acceptors (Lipinski definition) is 6. The normalized spacial score (nSPS) is 15.4. The van der Waals surface area contributed by atoms with Gasteiger partial charge >= 0.3 is 0 Å². The van der Waals surface area contributed by atoms with Crippen molar-refractivity contribution in [2.24, 2.45) is 23.6 Å². The van der Waals surface area contributed by atoms with Crippen LogP contribution in [0.2, 0.25) is 0 Å². The summed E-state index contributed by atoms with van der Waals surface area (Å²) in [6.45, 7) is 5.22. The summed E-state index contributed by atoms with van der Waals surface area (Å²) < 4.78 is 26.0. The maximum Gasteiger partial charge on any atom is 0.249 e. The molecule has 1 unspecified atom stereocenters. The summed E-state index contributed by atoms with van der Waals surface area (Å²) in [6, 6.07) is 18.0. The standard InChI is InChI=1S/C26H35N3O5S/c1-4-35(33,34)26(18-21-13-9-6-10-14-21,16-15-20-11-7-5-8-12-20)23(25(31)29-32)22(17-19(2)3)24(30)28-27/h5-16,19,22-23,32H,4,17-18,27H2,1-3H3,(H,28,30)(H,29,31)/b16-15+/t22-,23+,26?/m1/s1. The van der Waals surface area contributed by atoms with Crippen molar-refractivity contribution < 1.29 is 23.2 Å². The zero-order valence-electron chi connectivity index (χ0n) is 20.3. The van der Waals surface area contributed by atoms with Gasteiger partial charge in [-0.3, -0.25) is 20.2 Å². The first-order valence-corrected chi connectivity index (χ1v) is 13.2. The SMILES string of the molecule is CCS(=O)(=O)C(/C=C/c1ccccc1)(Cc1ccccc1)[C@H](C(=O)NO)[C@@H](CC(C)C)C(=O)NN. The van der Waals surface area contributed by atoms with Crippen molar-refractivity contribution in [1.29, 1.82) is 0 Å². The number of benzene rings is 2. The Morgan fingerprint density at radius 3 is 2.09 bits per heavy atom. The number of rotatable bonds is 12. The lowest BCUT2D eigenvalue weighted by molar-refractivity contribution is -0.141. The van der Waals surface area contributed by atoms with Gasteiger partial charge in [0, 0.05) is 5.75 Å². The number of hydrazine groups is 1. The second-order valence-electron chi connectivity index (χ2n) is 8.96. The van der Waals surface area contributed by atoms with Gasteiger partial charge in [0.2, 0.25) is 11.8 Å². The van der Waals surface area contributed by atoms with Crippen molar-refractivity contribution in [3.63, 3.8) is 0 Å². The lowest BCUT2D eigenvalue weighted by atomic mass is 9.73. The number of carbonyl (C=O) groups is 2. The van der Waals surface area contributed by atoms with Gasteiger partial charge in [0.1, 0.15) is 4.75 Å². The number of nitrogens with one attached hydrogen (secondary N) is 2. The topological polar surface area (TPSA) is 139 Å². The first-order chi connectivity index (χ1) is 16.6. The quantitative estimate of drug-likeness (QED) is 0.153. The first kappa shape index (κ1) is 28.2. The van der Waals surface area contributed by atoms with E-state index in [4.69, 9.17) is 5.84 Å². The molecule has 0 fully saturated rings. The highest BCUT2D eigenvalue weighted by Gasteiger charge is 2.55. The fraction of sp³-hybridized carbons (Fsp3) is 0.385. The minimum Gasteiger partial charge on any atom is -0.294 e. The molecule has 3 atom stereocenters. The Kier molecular flexibility index (Phi) is 10.2. The predicted molar refractivity (Wildman–Crippen MR) is 137 cm³/mol. The minimum absolute atomic E-state index is 0.0665. The Labute approximate surface area is 207 Å². The van der Waals surface area contributed by atoms with Crippen molar-refractivity contribution in [3.05, 3.63) is 77.9 Å². The molecule has 190 valence electrons. The van der Waals surface area contributed by atoms with Crippen molar-refractivity contribution in [2.75, 3.05) is 5.75 Å². The van der Waals surface area contributed by atoms with E-state index >= 15 is 0 Å². The summed E-state index contributed by atoms with van der Waals surface area (Å²) in [4.78, 5) is 26.3. The van der Waals surface area contributed by atoms with Gasteiger partial charge in [0.25, 0.3) is 0 Å². The Morgan fingerprint density at radius 2 is 1.60 bits per heavy atom. The molecule has 8 nitrogen and oxygen atoms in total. The highest BCUT2D eigenvalue weighted by atomic mass is 32.2. The minimum atomic E-state index is -4.05. The average Bonchev–Trinajstić information content (AvgIpc) is 2.86. The van der Waals surface area contributed by atoms with E-state index in [-0.39, 0.29) is 24.5 Å². The summed E-state index contributed by atoms with van der Waals surface area (Å²) in [7, 11) is -4.05. The molecule has 35 heavy (non-hydrogen) atoms.